The van der Waals surface area contributed by atoms with Crippen molar-refractivity contribution in [1.29, 1.82) is 0 Å². The molecule has 0 amide bonds. The molecule has 0 fully saturated rings. The Kier molecular flexibility index (Phi) is 3.70. The van der Waals surface area contributed by atoms with Gasteiger partial charge >= 0.3 is 0 Å². The first-order chi connectivity index (χ1) is 9.04. The van der Waals surface area contributed by atoms with Crippen molar-refractivity contribution in [1.82, 2.24) is 0 Å². The predicted octanol–water partition coefficient (Wildman–Crippen LogP) is 3.85. The number of aldehydes is 1. The van der Waals surface area contributed by atoms with Gasteiger partial charge in [-0.25, -0.2) is 0 Å². The molecular weight excluding hydrogens is 234 g/mol. The van der Waals surface area contributed by atoms with Gasteiger partial charge in [0.05, 0.1) is 0 Å². The van der Waals surface area contributed by atoms with E-state index in [9.17, 15) is 4.79 Å². The first-order valence-corrected chi connectivity index (χ1v) is 6.37. The summed E-state index contributed by atoms with van der Waals surface area (Å²) in [4.78, 5) is 13.1. The zero-order chi connectivity index (χ0) is 14.0. The Balaban J connectivity index is 2.66. The summed E-state index contributed by atoms with van der Waals surface area (Å²) in [5, 5.41) is 0. The number of hydrogen-bond donors (Lipinski definition) is 0. The Morgan fingerprint density at radius 3 is 2.26 bits per heavy atom. The van der Waals surface area contributed by atoms with E-state index in [0.717, 1.165) is 23.0 Å². The van der Waals surface area contributed by atoms with Crippen LogP contribution >= 0.6 is 0 Å². The molecule has 19 heavy (non-hydrogen) atoms. The van der Waals surface area contributed by atoms with Crippen LogP contribution in [0.25, 0.3) is 11.1 Å². The minimum absolute atomic E-state index is 0.767. The van der Waals surface area contributed by atoms with Crippen LogP contribution in [0.3, 0.4) is 0 Å². The first-order valence-electron chi connectivity index (χ1n) is 6.37. The molecule has 2 aromatic carbocycles. The highest BCUT2D eigenvalue weighted by Gasteiger charge is 2.10. The molecule has 2 nitrogen and oxygen atoms in total. The lowest BCUT2D eigenvalue weighted by molar-refractivity contribution is 0.112. The van der Waals surface area contributed by atoms with Gasteiger partial charge in [-0.15, -0.1) is 0 Å². The maximum atomic E-state index is 11.0. The van der Waals surface area contributed by atoms with Gasteiger partial charge in [-0.1, -0.05) is 24.3 Å². The van der Waals surface area contributed by atoms with Gasteiger partial charge in [0.15, 0.2) is 0 Å². The maximum absolute atomic E-state index is 11.0. The highest BCUT2D eigenvalue weighted by atomic mass is 16.1. The van der Waals surface area contributed by atoms with Crippen LogP contribution in [0.2, 0.25) is 0 Å². The van der Waals surface area contributed by atoms with Crippen molar-refractivity contribution in [2.75, 3.05) is 19.0 Å². The average Bonchev–Trinajstić information content (AvgIpc) is 2.40. The summed E-state index contributed by atoms with van der Waals surface area (Å²) in [6.45, 7) is 4.03. The summed E-state index contributed by atoms with van der Waals surface area (Å²) >= 11 is 0. The van der Waals surface area contributed by atoms with Crippen LogP contribution < -0.4 is 4.90 Å². The Morgan fingerprint density at radius 2 is 1.63 bits per heavy atom. The van der Waals surface area contributed by atoms with E-state index in [1.807, 2.05) is 46.1 Å². The summed E-state index contributed by atoms with van der Waals surface area (Å²) in [7, 11) is 4.08. The third kappa shape index (κ3) is 2.53. The van der Waals surface area contributed by atoms with Gasteiger partial charge in [-0.3, -0.25) is 4.79 Å². The smallest absolute Gasteiger partial charge is 0.150 e. The highest BCUT2D eigenvalue weighted by Crippen LogP contribution is 2.33. The van der Waals surface area contributed by atoms with E-state index in [1.54, 1.807) is 0 Å². The van der Waals surface area contributed by atoms with Crippen LogP contribution in [0.15, 0.2) is 36.4 Å². The number of carbonyl (C=O) groups excluding carboxylic acids is 1. The van der Waals surface area contributed by atoms with Crippen molar-refractivity contribution in [3.8, 4) is 11.1 Å². The number of carbonyl (C=O) groups is 1. The van der Waals surface area contributed by atoms with Crippen molar-refractivity contribution >= 4 is 12.0 Å². The van der Waals surface area contributed by atoms with Crippen LogP contribution in [-0.4, -0.2) is 20.4 Å². The van der Waals surface area contributed by atoms with Gasteiger partial charge in [0.2, 0.25) is 0 Å². The summed E-state index contributed by atoms with van der Waals surface area (Å²) in [6.07, 6.45) is 0.921. The molecule has 98 valence electrons. The monoisotopic (exact) mass is 253 g/mol. The fraction of sp³-hybridized carbons (Fsp3) is 0.235. The van der Waals surface area contributed by atoms with E-state index in [4.69, 9.17) is 0 Å². The standard InChI is InChI=1S/C17H19NO/c1-12-10-16(13(2)9-14(12)11-19)15-7-5-6-8-17(15)18(3)4/h5-11H,1-4H3. The maximum Gasteiger partial charge on any atom is 0.150 e. The Labute approximate surface area is 114 Å². The minimum atomic E-state index is 0.767. The molecule has 0 aromatic heterocycles. The molecule has 0 saturated carbocycles. The molecule has 0 aliphatic rings. The number of nitrogens with zero attached hydrogens (tertiary/aromatic N) is 1. The Hall–Kier alpha value is -2.09. The van der Waals surface area contributed by atoms with E-state index in [1.165, 1.54) is 16.8 Å². The largest absolute Gasteiger partial charge is 0.377 e. The van der Waals surface area contributed by atoms with Crippen LogP contribution in [0.5, 0.6) is 0 Å². The fourth-order valence-electron chi connectivity index (χ4n) is 2.35. The quantitative estimate of drug-likeness (QED) is 0.774. The normalized spacial score (nSPS) is 10.3. The molecule has 2 heteroatoms. The summed E-state index contributed by atoms with van der Waals surface area (Å²) < 4.78 is 0. The summed E-state index contributed by atoms with van der Waals surface area (Å²) in [5.41, 5.74) is 6.48. The minimum Gasteiger partial charge on any atom is -0.377 e. The van der Waals surface area contributed by atoms with Gasteiger partial charge in [0.25, 0.3) is 0 Å². The van der Waals surface area contributed by atoms with Crippen molar-refractivity contribution in [3.05, 3.63) is 53.1 Å². The van der Waals surface area contributed by atoms with Gasteiger partial charge in [-0.2, -0.15) is 0 Å². The third-order valence-corrected chi connectivity index (χ3v) is 3.42. The lowest BCUT2D eigenvalue weighted by Gasteiger charge is -2.19. The molecule has 2 rings (SSSR count). The zero-order valence-corrected chi connectivity index (χ0v) is 11.9. The van der Waals surface area contributed by atoms with E-state index >= 15 is 0 Å². The second-order valence-corrected chi connectivity index (χ2v) is 5.05. The van der Waals surface area contributed by atoms with Crippen LogP contribution in [0.4, 0.5) is 5.69 Å². The number of anilines is 1. The van der Waals surface area contributed by atoms with Crippen LogP contribution in [-0.2, 0) is 0 Å². The number of aryl methyl sites for hydroxylation is 2. The van der Waals surface area contributed by atoms with E-state index in [2.05, 4.69) is 23.1 Å². The molecule has 0 aliphatic heterocycles. The van der Waals surface area contributed by atoms with Gasteiger partial charge in [0, 0.05) is 30.9 Å². The number of hydrogen-bond acceptors (Lipinski definition) is 2. The third-order valence-electron chi connectivity index (χ3n) is 3.42. The molecule has 2 aromatic rings. The molecule has 0 bridgehead atoms. The Bertz CT molecular complexity index is 615. The lowest BCUT2D eigenvalue weighted by atomic mass is 9.94. The molecule has 0 N–H and O–H groups in total. The summed E-state index contributed by atoms with van der Waals surface area (Å²) in [6, 6.07) is 12.4. The molecular formula is C17H19NO. The van der Waals surface area contributed by atoms with Crippen molar-refractivity contribution < 1.29 is 4.79 Å². The molecule has 0 spiro atoms. The number of para-hydroxylation sites is 1. The fourth-order valence-corrected chi connectivity index (χ4v) is 2.35. The molecule has 0 radical (unpaired) electrons. The summed E-state index contributed by atoms with van der Waals surface area (Å²) in [5.74, 6) is 0. The molecule has 0 aliphatic carbocycles. The van der Waals surface area contributed by atoms with Crippen molar-refractivity contribution in [3.63, 3.8) is 0 Å². The van der Waals surface area contributed by atoms with Crippen molar-refractivity contribution in [2.45, 2.75) is 13.8 Å². The topological polar surface area (TPSA) is 20.3 Å². The zero-order valence-electron chi connectivity index (χ0n) is 11.9. The second kappa shape index (κ2) is 5.27. The van der Waals surface area contributed by atoms with Gasteiger partial charge in [-0.05, 0) is 42.7 Å². The molecule has 0 heterocycles. The molecule has 0 atom stereocenters. The second-order valence-electron chi connectivity index (χ2n) is 5.05. The lowest BCUT2D eigenvalue weighted by Crippen LogP contribution is -2.10. The SMILES string of the molecule is Cc1cc(-c2ccccc2N(C)C)c(C)cc1C=O. The van der Waals surface area contributed by atoms with Crippen molar-refractivity contribution in [2.24, 2.45) is 0 Å². The van der Waals surface area contributed by atoms with Gasteiger partial charge < -0.3 is 4.90 Å². The first kappa shape index (κ1) is 13.3. The van der Waals surface area contributed by atoms with Crippen LogP contribution in [0, 0.1) is 13.8 Å². The Morgan fingerprint density at radius 1 is 0.947 bits per heavy atom. The van der Waals surface area contributed by atoms with E-state index in [0.29, 0.717) is 0 Å². The molecule has 0 saturated heterocycles. The number of rotatable bonds is 3. The van der Waals surface area contributed by atoms with E-state index < -0.39 is 0 Å². The average molecular weight is 253 g/mol. The highest BCUT2D eigenvalue weighted by molar-refractivity contribution is 5.85. The molecule has 0 unspecified atom stereocenters. The predicted molar refractivity (Wildman–Crippen MR) is 81.1 cm³/mol. The van der Waals surface area contributed by atoms with E-state index in [-0.39, 0.29) is 0 Å². The van der Waals surface area contributed by atoms with Crippen LogP contribution in [0.1, 0.15) is 21.5 Å². The number of benzene rings is 2. The van der Waals surface area contributed by atoms with Gasteiger partial charge in [0.1, 0.15) is 6.29 Å².